The highest BCUT2D eigenvalue weighted by Gasteiger charge is 2.39. The molecule has 14 heavy (non-hydrogen) atoms. The first-order valence-electron chi connectivity index (χ1n) is 4.35. The maximum Gasteiger partial charge on any atom is 0.326 e. The number of nitrogens with zero attached hydrogens (tertiary/aromatic N) is 1. The molecule has 6 heteroatoms. The minimum atomic E-state index is -1.01. The van der Waals surface area contributed by atoms with Crippen molar-refractivity contribution in [1.82, 2.24) is 4.90 Å². The van der Waals surface area contributed by atoms with Crippen LogP contribution in [0.25, 0.3) is 0 Å². The van der Waals surface area contributed by atoms with E-state index in [-0.39, 0.29) is 18.6 Å². The van der Waals surface area contributed by atoms with Gasteiger partial charge in [-0.05, 0) is 0 Å². The number of carbonyl (C=O) groups excluding carboxylic acids is 1. The minimum Gasteiger partial charge on any atom is -0.480 e. The summed E-state index contributed by atoms with van der Waals surface area (Å²) in [5, 5.41) is 8.85. The maximum atomic E-state index is 11.3. The molecule has 0 saturated carbocycles. The second-order valence-electron chi connectivity index (χ2n) is 3.20. The number of aliphatic carboxylic acids is 1. The highest BCUT2D eigenvalue weighted by atomic mass is 16.5. The number of carboxylic acids is 1. The van der Waals surface area contributed by atoms with Crippen molar-refractivity contribution in [2.75, 3.05) is 20.2 Å². The second kappa shape index (κ2) is 4.39. The van der Waals surface area contributed by atoms with Crippen LogP contribution in [0.3, 0.4) is 0 Å². The molecule has 80 valence electrons. The van der Waals surface area contributed by atoms with Crippen LogP contribution in [-0.2, 0) is 14.3 Å². The molecule has 1 amide bonds. The Bertz CT molecular complexity index is 243. The van der Waals surface area contributed by atoms with E-state index in [0.717, 1.165) is 0 Å². The molecule has 0 spiro atoms. The Morgan fingerprint density at radius 3 is 2.71 bits per heavy atom. The van der Waals surface area contributed by atoms with Crippen LogP contribution >= 0.6 is 0 Å². The zero-order valence-electron chi connectivity index (χ0n) is 7.97. The molecular weight excluding hydrogens is 188 g/mol. The average molecular weight is 202 g/mol. The number of methoxy groups -OCH3 is 1. The van der Waals surface area contributed by atoms with E-state index in [4.69, 9.17) is 15.6 Å². The quantitative estimate of drug-likeness (QED) is 0.590. The molecule has 0 aromatic rings. The van der Waals surface area contributed by atoms with E-state index in [9.17, 15) is 9.59 Å². The molecule has 1 saturated heterocycles. The summed E-state index contributed by atoms with van der Waals surface area (Å²) in [6, 6.07) is -0.795. The molecule has 0 bridgehead atoms. The fraction of sp³-hybridized carbons (Fsp3) is 0.750. The predicted molar refractivity (Wildman–Crippen MR) is 47.6 cm³/mol. The summed E-state index contributed by atoms with van der Waals surface area (Å²) in [5.74, 6) is -1.36. The molecule has 1 aliphatic heterocycles. The van der Waals surface area contributed by atoms with E-state index in [1.54, 1.807) is 0 Å². The highest BCUT2D eigenvalue weighted by Crippen LogP contribution is 2.19. The van der Waals surface area contributed by atoms with Crippen LogP contribution in [0, 0.1) is 0 Å². The van der Waals surface area contributed by atoms with Crippen molar-refractivity contribution in [2.24, 2.45) is 5.73 Å². The Morgan fingerprint density at radius 1 is 1.64 bits per heavy atom. The van der Waals surface area contributed by atoms with Crippen molar-refractivity contribution in [3.63, 3.8) is 0 Å². The molecule has 2 atom stereocenters. The van der Waals surface area contributed by atoms with Gasteiger partial charge in [0.2, 0.25) is 5.91 Å². The van der Waals surface area contributed by atoms with E-state index in [2.05, 4.69) is 0 Å². The number of hydrogen-bond acceptors (Lipinski definition) is 4. The molecule has 6 nitrogen and oxygen atoms in total. The fourth-order valence-corrected chi connectivity index (χ4v) is 1.60. The zero-order valence-corrected chi connectivity index (χ0v) is 7.97. The van der Waals surface area contributed by atoms with Gasteiger partial charge in [-0.15, -0.1) is 0 Å². The summed E-state index contributed by atoms with van der Waals surface area (Å²) < 4.78 is 5.02. The third kappa shape index (κ3) is 2.02. The van der Waals surface area contributed by atoms with E-state index in [0.29, 0.717) is 13.0 Å². The minimum absolute atomic E-state index is 0.166. The number of carboxylic acid groups (broad SMARTS) is 1. The lowest BCUT2D eigenvalue weighted by molar-refractivity contribution is -0.147. The Morgan fingerprint density at radius 2 is 2.29 bits per heavy atom. The Balaban J connectivity index is 2.71. The lowest BCUT2D eigenvalue weighted by atomic mass is 10.2. The van der Waals surface area contributed by atoms with Crippen molar-refractivity contribution in [3.8, 4) is 0 Å². The number of ether oxygens (including phenoxy) is 1. The largest absolute Gasteiger partial charge is 0.480 e. The van der Waals surface area contributed by atoms with Crippen molar-refractivity contribution < 1.29 is 19.4 Å². The highest BCUT2D eigenvalue weighted by molar-refractivity contribution is 5.85. The lowest BCUT2D eigenvalue weighted by Crippen LogP contribution is -2.43. The standard InChI is InChI=1S/C8H14N2O4/c1-14-5-2-6(8(12)13)10(4-5)7(11)3-9/h5-6H,2-4,9H2,1H3,(H,12,13). The smallest absolute Gasteiger partial charge is 0.326 e. The van der Waals surface area contributed by atoms with Crippen LogP contribution in [0.15, 0.2) is 0 Å². The molecule has 1 fully saturated rings. The van der Waals surface area contributed by atoms with Gasteiger partial charge < -0.3 is 20.5 Å². The van der Waals surface area contributed by atoms with Gasteiger partial charge in [0, 0.05) is 20.1 Å². The number of rotatable bonds is 3. The number of likely N-dealkylation sites (tertiary alicyclic amines) is 1. The van der Waals surface area contributed by atoms with Crippen molar-refractivity contribution in [3.05, 3.63) is 0 Å². The van der Waals surface area contributed by atoms with E-state index >= 15 is 0 Å². The molecule has 0 radical (unpaired) electrons. The molecule has 2 unspecified atom stereocenters. The molecular formula is C8H14N2O4. The number of hydrogen-bond donors (Lipinski definition) is 2. The summed E-state index contributed by atoms with van der Waals surface area (Å²) in [6.45, 7) is 0.143. The van der Waals surface area contributed by atoms with E-state index < -0.39 is 12.0 Å². The van der Waals surface area contributed by atoms with E-state index in [1.807, 2.05) is 0 Å². The van der Waals surface area contributed by atoms with Gasteiger partial charge in [0.1, 0.15) is 6.04 Å². The van der Waals surface area contributed by atoms with Gasteiger partial charge in [0.15, 0.2) is 0 Å². The Labute approximate surface area is 81.6 Å². The molecule has 0 aromatic carbocycles. The van der Waals surface area contributed by atoms with Crippen LogP contribution in [0.2, 0.25) is 0 Å². The Kier molecular flexibility index (Phi) is 3.43. The van der Waals surface area contributed by atoms with Gasteiger partial charge in [-0.25, -0.2) is 4.79 Å². The van der Waals surface area contributed by atoms with Crippen molar-refractivity contribution in [1.29, 1.82) is 0 Å². The van der Waals surface area contributed by atoms with Gasteiger partial charge in [-0.3, -0.25) is 4.79 Å². The predicted octanol–water partition coefficient (Wildman–Crippen LogP) is -1.35. The molecule has 1 rings (SSSR count). The van der Waals surface area contributed by atoms with Gasteiger partial charge >= 0.3 is 5.97 Å². The molecule has 1 heterocycles. The first-order valence-corrected chi connectivity index (χ1v) is 4.35. The third-order valence-electron chi connectivity index (χ3n) is 2.38. The van der Waals surface area contributed by atoms with Crippen LogP contribution in [-0.4, -0.2) is 54.2 Å². The number of carbonyl (C=O) groups is 2. The maximum absolute atomic E-state index is 11.3. The lowest BCUT2D eigenvalue weighted by Gasteiger charge is -2.19. The Hall–Kier alpha value is -1.14. The van der Waals surface area contributed by atoms with Gasteiger partial charge in [0.05, 0.1) is 12.6 Å². The molecule has 1 aliphatic rings. The van der Waals surface area contributed by atoms with Crippen LogP contribution in [0.4, 0.5) is 0 Å². The van der Waals surface area contributed by atoms with Crippen LogP contribution < -0.4 is 5.73 Å². The number of amides is 1. The zero-order chi connectivity index (χ0) is 10.7. The first kappa shape index (κ1) is 10.9. The van der Waals surface area contributed by atoms with Crippen LogP contribution in [0.5, 0.6) is 0 Å². The summed E-state index contributed by atoms with van der Waals surface area (Å²) in [7, 11) is 1.50. The fourth-order valence-electron chi connectivity index (χ4n) is 1.60. The van der Waals surface area contributed by atoms with Gasteiger partial charge in [-0.1, -0.05) is 0 Å². The van der Waals surface area contributed by atoms with Gasteiger partial charge in [0.25, 0.3) is 0 Å². The van der Waals surface area contributed by atoms with Crippen LogP contribution in [0.1, 0.15) is 6.42 Å². The van der Waals surface area contributed by atoms with E-state index in [1.165, 1.54) is 12.0 Å². The number of nitrogens with two attached hydrogens (primary N) is 1. The summed E-state index contributed by atoms with van der Waals surface area (Å²) in [6.07, 6.45) is 0.129. The first-order chi connectivity index (χ1) is 6.60. The monoisotopic (exact) mass is 202 g/mol. The van der Waals surface area contributed by atoms with Gasteiger partial charge in [-0.2, -0.15) is 0 Å². The van der Waals surface area contributed by atoms with Crippen molar-refractivity contribution >= 4 is 11.9 Å². The SMILES string of the molecule is COC1CC(C(=O)O)N(C(=O)CN)C1. The topological polar surface area (TPSA) is 92.9 Å². The summed E-state index contributed by atoms with van der Waals surface area (Å²) in [5.41, 5.74) is 5.18. The van der Waals surface area contributed by atoms with Crippen molar-refractivity contribution in [2.45, 2.75) is 18.6 Å². The molecule has 3 N–H and O–H groups in total. The third-order valence-corrected chi connectivity index (χ3v) is 2.38. The summed E-state index contributed by atoms with van der Waals surface area (Å²) in [4.78, 5) is 23.3. The molecule has 0 aliphatic carbocycles. The average Bonchev–Trinajstić information content (AvgIpc) is 2.60. The summed E-state index contributed by atoms with van der Waals surface area (Å²) >= 11 is 0. The second-order valence-corrected chi connectivity index (χ2v) is 3.20. The normalized spacial score (nSPS) is 26.6. The molecule has 0 aromatic heterocycles.